The second-order valence-corrected chi connectivity index (χ2v) is 10.6. The number of carbonyl (C=O) groups is 2. The van der Waals surface area contributed by atoms with Crippen LogP contribution >= 0.6 is 27.5 Å². The SMILES string of the molecule is Cc1c(-c2ccccc2)nc2ccc(Br)cc2c1C(=O)NC[C@@](C)(CCC(=O)O)c1cc(F)ccc1Cl. The minimum absolute atomic E-state index is 0.0558. The van der Waals surface area contributed by atoms with E-state index >= 15 is 0 Å². The van der Waals surface area contributed by atoms with Gasteiger partial charge in [0.1, 0.15) is 5.82 Å². The van der Waals surface area contributed by atoms with Crippen molar-refractivity contribution in [3.05, 3.63) is 98.7 Å². The van der Waals surface area contributed by atoms with Crippen LogP contribution in [0, 0.1) is 12.7 Å². The van der Waals surface area contributed by atoms with Gasteiger partial charge < -0.3 is 10.4 Å². The molecule has 1 aromatic heterocycles. The zero-order valence-corrected chi connectivity index (χ0v) is 22.7. The van der Waals surface area contributed by atoms with Crippen LogP contribution in [0.1, 0.15) is 41.3 Å². The Morgan fingerprint density at radius 1 is 1.11 bits per heavy atom. The number of carboxylic acid groups (broad SMARTS) is 1. The van der Waals surface area contributed by atoms with Gasteiger partial charge in [-0.15, -0.1) is 0 Å². The van der Waals surface area contributed by atoms with E-state index in [9.17, 15) is 19.1 Å². The topological polar surface area (TPSA) is 79.3 Å². The monoisotopic (exact) mass is 582 g/mol. The largest absolute Gasteiger partial charge is 0.481 e. The maximum absolute atomic E-state index is 14.1. The highest BCUT2D eigenvalue weighted by molar-refractivity contribution is 9.10. The minimum Gasteiger partial charge on any atom is -0.481 e. The van der Waals surface area contributed by atoms with Gasteiger partial charge in [-0.3, -0.25) is 9.59 Å². The van der Waals surface area contributed by atoms with Crippen LogP contribution in [0.15, 0.2) is 71.2 Å². The first-order chi connectivity index (χ1) is 17.6. The molecular formula is C29H25BrClFN2O3. The second kappa shape index (κ2) is 11.0. The van der Waals surface area contributed by atoms with Crippen LogP contribution in [0.2, 0.25) is 5.02 Å². The van der Waals surface area contributed by atoms with Crippen LogP contribution < -0.4 is 5.32 Å². The van der Waals surface area contributed by atoms with Crippen LogP contribution in [0.4, 0.5) is 4.39 Å². The van der Waals surface area contributed by atoms with Gasteiger partial charge in [0, 0.05) is 38.8 Å². The molecule has 8 heteroatoms. The van der Waals surface area contributed by atoms with E-state index in [1.54, 1.807) is 6.92 Å². The molecule has 0 aliphatic heterocycles. The van der Waals surface area contributed by atoms with Gasteiger partial charge in [-0.05, 0) is 60.9 Å². The Morgan fingerprint density at radius 3 is 2.54 bits per heavy atom. The van der Waals surface area contributed by atoms with Gasteiger partial charge in [0.25, 0.3) is 5.91 Å². The van der Waals surface area contributed by atoms with Gasteiger partial charge in [-0.25, -0.2) is 9.37 Å². The predicted molar refractivity (Wildman–Crippen MR) is 148 cm³/mol. The van der Waals surface area contributed by atoms with Crippen molar-refractivity contribution in [2.75, 3.05) is 6.54 Å². The normalized spacial score (nSPS) is 12.8. The van der Waals surface area contributed by atoms with Gasteiger partial charge in [-0.1, -0.05) is 64.8 Å². The van der Waals surface area contributed by atoms with Crippen molar-refractivity contribution >= 4 is 50.3 Å². The summed E-state index contributed by atoms with van der Waals surface area (Å²) in [6.45, 7) is 3.69. The number of aromatic nitrogens is 1. The molecule has 5 nitrogen and oxygen atoms in total. The third-order valence-corrected chi connectivity index (χ3v) is 7.40. The van der Waals surface area contributed by atoms with Crippen LogP contribution in [-0.4, -0.2) is 28.5 Å². The van der Waals surface area contributed by atoms with Crippen molar-refractivity contribution in [1.29, 1.82) is 0 Å². The van der Waals surface area contributed by atoms with Crippen LogP contribution in [0.25, 0.3) is 22.2 Å². The number of carbonyl (C=O) groups excluding carboxylic acids is 1. The fourth-order valence-electron chi connectivity index (χ4n) is 4.53. The first-order valence-corrected chi connectivity index (χ1v) is 12.9. The molecule has 0 fully saturated rings. The molecule has 4 aromatic rings. The lowest BCUT2D eigenvalue weighted by molar-refractivity contribution is -0.137. The first kappa shape index (κ1) is 26.8. The number of benzene rings is 3. The van der Waals surface area contributed by atoms with Gasteiger partial charge >= 0.3 is 5.97 Å². The maximum Gasteiger partial charge on any atom is 0.303 e. The number of hydrogen-bond donors (Lipinski definition) is 2. The Balaban J connectivity index is 1.76. The van der Waals surface area contributed by atoms with Gasteiger partial charge in [0.05, 0.1) is 16.8 Å². The molecule has 1 heterocycles. The first-order valence-electron chi connectivity index (χ1n) is 11.7. The Kier molecular flexibility index (Phi) is 7.95. The highest BCUT2D eigenvalue weighted by Gasteiger charge is 2.31. The van der Waals surface area contributed by atoms with Crippen LogP contribution in [0.3, 0.4) is 0 Å². The van der Waals surface area contributed by atoms with Crippen molar-refractivity contribution in [1.82, 2.24) is 10.3 Å². The molecule has 0 saturated heterocycles. The number of hydrogen-bond acceptors (Lipinski definition) is 3. The average Bonchev–Trinajstić information content (AvgIpc) is 2.87. The third-order valence-electron chi connectivity index (χ3n) is 6.57. The van der Waals surface area contributed by atoms with E-state index in [0.29, 0.717) is 38.3 Å². The van der Waals surface area contributed by atoms with Gasteiger partial charge in [0.2, 0.25) is 0 Å². The van der Waals surface area contributed by atoms with E-state index in [0.717, 1.165) is 10.0 Å². The predicted octanol–water partition coefficient (Wildman–Crippen LogP) is 7.32. The molecule has 0 aliphatic carbocycles. The second-order valence-electron chi connectivity index (χ2n) is 9.25. The fourth-order valence-corrected chi connectivity index (χ4v) is 5.23. The molecule has 0 bridgehead atoms. The zero-order valence-electron chi connectivity index (χ0n) is 20.3. The summed E-state index contributed by atoms with van der Waals surface area (Å²) in [6, 6.07) is 19.2. The smallest absolute Gasteiger partial charge is 0.303 e. The molecule has 2 N–H and O–H groups in total. The summed E-state index contributed by atoms with van der Waals surface area (Å²) in [4.78, 5) is 30.0. The number of fused-ring (bicyclic) bond motifs is 1. The summed E-state index contributed by atoms with van der Waals surface area (Å²) in [5.41, 5.74) is 2.95. The Bertz CT molecular complexity index is 1500. The number of halogens is 3. The lowest BCUT2D eigenvalue weighted by Gasteiger charge is -2.31. The Morgan fingerprint density at radius 2 is 1.84 bits per heavy atom. The Labute approximate surface area is 227 Å². The van der Waals surface area contributed by atoms with E-state index in [2.05, 4.69) is 21.2 Å². The maximum atomic E-state index is 14.1. The third kappa shape index (κ3) is 5.84. The summed E-state index contributed by atoms with van der Waals surface area (Å²) in [6.07, 6.45) is -0.00972. The number of amides is 1. The standard InChI is InChI=1S/C29H25BrClFN2O3/c1-17-26(21-14-19(30)8-11-24(21)34-27(17)18-6-4-3-5-7-18)28(37)33-16-29(2,13-12-25(35)36)22-15-20(32)9-10-23(22)31/h3-11,14-15H,12-13,16H2,1-2H3,(H,33,37)(H,35,36)/t29-/m1/s1. The molecule has 1 amide bonds. The van der Waals surface area contributed by atoms with Crippen LogP contribution in [0.5, 0.6) is 0 Å². The minimum atomic E-state index is -0.988. The Hall–Kier alpha value is -3.29. The number of nitrogens with zero attached hydrogens (tertiary/aromatic N) is 1. The molecule has 4 rings (SSSR count). The van der Waals surface area contributed by atoms with Gasteiger partial charge in [0.15, 0.2) is 0 Å². The zero-order chi connectivity index (χ0) is 26.7. The van der Waals surface area contributed by atoms with E-state index < -0.39 is 17.2 Å². The van der Waals surface area contributed by atoms with Gasteiger partial charge in [-0.2, -0.15) is 0 Å². The quantitative estimate of drug-likeness (QED) is 0.228. The molecule has 0 aliphatic rings. The molecule has 0 spiro atoms. The van der Waals surface area contributed by atoms with Crippen molar-refractivity contribution < 1.29 is 19.1 Å². The van der Waals surface area contributed by atoms with Crippen molar-refractivity contribution in [2.24, 2.45) is 0 Å². The summed E-state index contributed by atoms with van der Waals surface area (Å²) >= 11 is 9.89. The summed E-state index contributed by atoms with van der Waals surface area (Å²) in [5.74, 6) is -1.81. The molecule has 37 heavy (non-hydrogen) atoms. The van der Waals surface area contributed by atoms with E-state index in [1.807, 2.05) is 55.5 Å². The number of rotatable bonds is 8. The lowest BCUT2D eigenvalue weighted by atomic mass is 9.78. The van der Waals surface area contributed by atoms with Crippen LogP contribution in [-0.2, 0) is 10.2 Å². The van der Waals surface area contributed by atoms with Crippen molar-refractivity contribution in [3.63, 3.8) is 0 Å². The molecule has 0 unspecified atom stereocenters. The number of carboxylic acids is 1. The number of nitrogens with one attached hydrogen (secondary N) is 1. The summed E-state index contributed by atoms with van der Waals surface area (Å²) < 4.78 is 14.9. The lowest BCUT2D eigenvalue weighted by Crippen LogP contribution is -2.39. The highest BCUT2D eigenvalue weighted by Crippen LogP contribution is 2.35. The molecule has 0 saturated carbocycles. The summed E-state index contributed by atoms with van der Waals surface area (Å²) in [7, 11) is 0. The van der Waals surface area contributed by atoms with E-state index in [1.165, 1.54) is 18.2 Å². The number of pyridine rings is 1. The average molecular weight is 584 g/mol. The molecule has 1 atom stereocenters. The fraction of sp³-hybridized carbons (Fsp3) is 0.207. The van der Waals surface area contributed by atoms with E-state index in [4.69, 9.17) is 16.6 Å². The van der Waals surface area contributed by atoms with Crippen molar-refractivity contribution in [3.8, 4) is 11.3 Å². The number of aliphatic carboxylic acids is 1. The molecule has 3 aromatic carbocycles. The molecule has 190 valence electrons. The van der Waals surface area contributed by atoms with Crippen molar-refractivity contribution in [2.45, 2.75) is 32.1 Å². The molecular weight excluding hydrogens is 559 g/mol. The molecule has 0 radical (unpaired) electrons. The van der Waals surface area contributed by atoms with E-state index in [-0.39, 0.29) is 25.3 Å². The summed E-state index contributed by atoms with van der Waals surface area (Å²) in [5, 5.41) is 13.3. The highest BCUT2D eigenvalue weighted by atomic mass is 79.9.